The number of halogens is 1. The number of carbonyl (C=O) groups is 2. The first-order valence-electron chi connectivity index (χ1n) is 7.45. The topological polar surface area (TPSA) is 83.0 Å². The maximum atomic E-state index is 12.9. The average molecular weight is 331 g/mol. The van der Waals surface area contributed by atoms with Gasteiger partial charge in [-0.15, -0.1) is 0 Å². The molecule has 0 unspecified atom stereocenters. The summed E-state index contributed by atoms with van der Waals surface area (Å²) in [4.78, 5) is 23.4. The third-order valence-corrected chi connectivity index (χ3v) is 3.67. The molecule has 2 rings (SSSR count). The molecule has 0 aromatic heterocycles. The highest BCUT2D eigenvalue weighted by atomic mass is 19.1. The number of hydrogen-bond donors (Lipinski definition) is 1. The van der Waals surface area contributed by atoms with Crippen molar-refractivity contribution in [2.45, 2.75) is 19.0 Å². The van der Waals surface area contributed by atoms with Crippen molar-refractivity contribution in [2.75, 3.05) is 7.11 Å². The van der Waals surface area contributed by atoms with E-state index in [1.165, 1.54) is 24.3 Å². The highest BCUT2D eigenvalue weighted by Gasteiger charge is 2.19. The molecule has 6 heteroatoms. The Balaban J connectivity index is 1.97. The number of ketones is 1. The highest BCUT2D eigenvalue weighted by Crippen LogP contribution is 2.10. The van der Waals surface area contributed by atoms with Crippen LogP contribution < -0.4 is 15.2 Å². The Kier molecular flexibility index (Phi) is 6.03. The second-order valence-corrected chi connectivity index (χ2v) is 5.35. The van der Waals surface area contributed by atoms with Gasteiger partial charge in [0.2, 0.25) is 0 Å². The van der Waals surface area contributed by atoms with E-state index in [1.807, 2.05) is 12.1 Å². The zero-order valence-corrected chi connectivity index (χ0v) is 13.2. The van der Waals surface area contributed by atoms with Gasteiger partial charge in [0.1, 0.15) is 24.2 Å². The first-order chi connectivity index (χ1) is 11.5. The lowest BCUT2D eigenvalue weighted by Gasteiger charge is -2.16. The number of nitrogens with two attached hydrogens (primary N) is 1. The lowest BCUT2D eigenvalue weighted by Crippen LogP contribution is -2.92. The van der Waals surface area contributed by atoms with Crippen LogP contribution in [0.3, 0.4) is 0 Å². The van der Waals surface area contributed by atoms with Crippen molar-refractivity contribution in [3.05, 3.63) is 65.5 Å². The molecule has 2 aromatic rings. The number of benzene rings is 2. The summed E-state index contributed by atoms with van der Waals surface area (Å²) in [5, 5.41) is 12.8. The molecule has 0 bridgehead atoms. The molecule has 0 aliphatic carbocycles. The van der Waals surface area contributed by atoms with Gasteiger partial charge in [-0.25, -0.2) is 4.39 Å². The summed E-state index contributed by atoms with van der Waals surface area (Å²) in [7, 11) is 1.56. The number of quaternary nitrogens is 1. The minimum Gasteiger partial charge on any atom is -0.544 e. The minimum absolute atomic E-state index is 0.218. The summed E-state index contributed by atoms with van der Waals surface area (Å²) in [6.07, 6.45) is -0.218. The van der Waals surface area contributed by atoms with E-state index in [0.29, 0.717) is 12.3 Å². The van der Waals surface area contributed by atoms with Crippen molar-refractivity contribution < 1.29 is 29.1 Å². The quantitative estimate of drug-likeness (QED) is 0.705. The van der Waals surface area contributed by atoms with Crippen molar-refractivity contribution in [1.29, 1.82) is 0 Å². The number of carboxylic acids is 1. The maximum absolute atomic E-state index is 12.9. The van der Waals surface area contributed by atoms with Crippen molar-refractivity contribution in [3.63, 3.8) is 0 Å². The largest absolute Gasteiger partial charge is 0.544 e. The molecular formula is C18H18FNO4. The van der Waals surface area contributed by atoms with Crippen LogP contribution in [0.4, 0.5) is 4.39 Å². The van der Waals surface area contributed by atoms with E-state index < -0.39 is 17.8 Å². The molecule has 0 saturated carbocycles. The molecule has 0 spiro atoms. The van der Waals surface area contributed by atoms with Gasteiger partial charge in [-0.1, -0.05) is 0 Å². The van der Waals surface area contributed by atoms with Gasteiger partial charge in [0.15, 0.2) is 5.78 Å². The summed E-state index contributed by atoms with van der Waals surface area (Å²) < 4.78 is 17.9. The summed E-state index contributed by atoms with van der Waals surface area (Å²) in [5.74, 6) is -1.41. The van der Waals surface area contributed by atoms with Crippen molar-refractivity contribution in [1.82, 2.24) is 0 Å². The van der Waals surface area contributed by atoms with Crippen LogP contribution in [-0.4, -0.2) is 24.9 Å². The van der Waals surface area contributed by atoms with Crippen LogP contribution >= 0.6 is 0 Å². The van der Waals surface area contributed by atoms with Gasteiger partial charge in [-0.2, -0.15) is 0 Å². The third kappa shape index (κ3) is 4.89. The number of hydrogen-bond acceptors (Lipinski definition) is 4. The van der Waals surface area contributed by atoms with Gasteiger partial charge in [-0.05, 0) is 48.5 Å². The fourth-order valence-corrected chi connectivity index (χ4v) is 2.26. The molecule has 0 amide bonds. The molecule has 0 fully saturated rings. The molecule has 0 heterocycles. The molecule has 5 nitrogen and oxygen atoms in total. The van der Waals surface area contributed by atoms with Crippen molar-refractivity contribution >= 4 is 11.8 Å². The zero-order valence-electron chi connectivity index (χ0n) is 13.2. The lowest BCUT2D eigenvalue weighted by molar-refractivity contribution is -0.697. The Hall–Kier alpha value is -2.73. The van der Waals surface area contributed by atoms with Gasteiger partial charge in [0.05, 0.1) is 19.5 Å². The van der Waals surface area contributed by atoms with Crippen LogP contribution in [0.5, 0.6) is 5.75 Å². The second-order valence-electron chi connectivity index (χ2n) is 5.35. The Bertz CT molecular complexity index is 698. The summed E-state index contributed by atoms with van der Waals surface area (Å²) >= 11 is 0. The Labute approximate surface area is 139 Å². The normalized spacial score (nSPS) is 11.8. The Morgan fingerprint density at radius 1 is 1.12 bits per heavy atom. The van der Waals surface area contributed by atoms with Gasteiger partial charge in [-0.3, -0.25) is 4.79 Å². The van der Waals surface area contributed by atoms with Gasteiger partial charge >= 0.3 is 0 Å². The van der Waals surface area contributed by atoms with Gasteiger partial charge < -0.3 is 20.0 Å². The van der Waals surface area contributed by atoms with E-state index in [2.05, 4.69) is 0 Å². The molecule has 2 aromatic carbocycles. The van der Waals surface area contributed by atoms with Gasteiger partial charge in [0, 0.05) is 11.1 Å². The molecule has 0 aliphatic rings. The number of Topliss-reactive ketones (excluding diaryl/α,β-unsaturated/α-hetero) is 1. The minimum atomic E-state index is -1.31. The van der Waals surface area contributed by atoms with E-state index in [9.17, 15) is 19.1 Å². The maximum Gasteiger partial charge on any atom is 0.169 e. The number of rotatable bonds is 8. The smallest absolute Gasteiger partial charge is 0.169 e. The molecule has 126 valence electrons. The van der Waals surface area contributed by atoms with Crippen LogP contribution in [0.25, 0.3) is 0 Å². The predicted molar refractivity (Wildman–Crippen MR) is 82.8 cm³/mol. The van der Waals surface area contributed by atoms with Crippen LogP contribution in [0.2, 0.25) is 0 Å². The van der Waals surface area contributed by atoms with E-state index in [-0.39, 0.29) is 17.8 Å². The molecule has 24 heavy (non-hydrogen) atoms. The molecule has 0 radical (unpaired) electrons. The Morgan fingerprint density at radius 3 is 2.29 bits per heavy atom. The second kappa shape index (κ2) is 8.21. The van der Waals surface area contributed by atoms with E-state index >= 15 is 0 Å². The van der Waals surface area contributed by atoms with Gasteiger partial charge in [0.25, 0.3) is 0 Å². The van der Waals surface area contributed by atoms with Crippen molar-refractivity contribution in [3.8, 4) is 5.75 Å². The van der Waals surface area contributed by atoms with E-state index in [1.54, 1.807) is 24.6 Å². The first-order valence-corrected chi connectivity index (χ1v) is 7.45. The molecule has 0 aliphatic heterocycles. The fourth-order valence-electron chi connectivity index (χ4n) is 2.26. The summed E-state index contributed by atoms with van der Waals surface area (Å²) in [5.41, 5.74) is 1.18. The number of methoxy groups -OCH3 is 1. The van der Waals surface area contributed by atoms with E-state index in [0.717, 1.165) is 5.56 Å². The lowest BCUT2D eigenvalue weighted by atomic mass is 10.0. The molecule has 1 atom stereocenters. The number of carboxylic acid groups (broad SMARTS) is 1. The SMILES string of the molecule is COc1ccc(C[NH2+][C@H](CC(=O)c2ccc(F)cc2)C(=O)[O-])cc1. The summed E-state index contributed by atoms with van der Waals surface area (Å²) in [6.45, 7) is 0.388. The first kappa shape index (κ1) is 17.6. The predicted octanol–water partition coefficient (Wildman–Crippen LogP) is 0.289. The van der Waals surface area contributed by atoms with Crippen LogP contribution in [0.1, 0.15) is 22.3 Å². The molecular weight excluding hydrogens is 313 g/mol. The number of carbonyl (C=O) groups excluding carboxylic acids is 2. The standard InChI is InChI=1S/C18H18FNO4/c1-24-15-8-2-12(3-9-15)11-20-16(18(22)23)10-17(21)13-4-6-14(19)7-5-13/h2-9,16,20H,10-11H2,1H3,(H,22,23)/t16-/m1/s1. The zero-order chi connectivity index (χ0) is 17.5. The van der Waals surface area contributed by atoms with E-state index in [4.69, 9.17) is 4.74 Å². The van der Waals surface area contributed by atoms with Crippen LogP contribution in [0, 0.1) is 5.82 Å². The Morgan fingerprint density at radius 2 is 1.75 bits per heavy atom. The van der Waals surface area contributed by atoms with Crippen LogP contribution in [-0.2, 0) is 11.3 Å². The highest BCUT2D eigenvalue weighted by molar-refractivity contribution is 5.98. The fraction of sp³-hybridized carbons (Fsp3) is 0.222. The van der Waals surface area contributed by atoms with Crippen molar-refractivity contribution in [2.24, 2.45) is 0 Å². The molecule has 0 saturated heterocycles. The summed E-state index contributed by atoms with van der Waals surface area (Å²) in [6, 6.07) is 11.2. The van der Waals surface area contributed by atoms with Crippen LogP contribution in [0.15, 0.2) is 48.5 Å². The number of ether oxygens (including phenoxy) is 1. The third-order valence-electron chi connectivity index (χ3n) is 3.67. The monoisotopic (exact) mass is 331 g/mol. The number of aliphatic carboxylic acids is 1. The average Bonchev–Trinajstić information content (AvgIpc) is 2.59. The molecule has 2 N–H and O–H groups in total.